The van der Waals surface area contributed by atoms with Gasteiger partial charge in [-0.1, -0.05) is 6.92 Å². The van der Waals surface area contributed by atoms with E-state index in [0.29, 0.717) is 30.4 Å². The Morgan fingerprint density at radius 3 is 2.65 bits per heavy atom. The summed E-state index contributed by atoms with van der Waals surface area (Å²) in [5.41, 5.74) is 2.08. The van der Waals surface area contributed by atoms with E-state index >= 15 is 0 Å². The van der Waals surface area contributed by atoms with Crippen LogP contribution < -0.4 is 10.2 Å². The molecule has 9 heteroatoms. The highest BCUT2D eigenvalue weighted by atomic mass is 16.8. The largest absolute Gasteiger partial charge is 0.528 e. The summed E-state index contributed by atoms with van der Waals surface area (Å²) in [5, 5.41) is 14.2. The van der Waals surface area contributed by atoms with Gasteiger partial charge < -0.3 is 19.8 Å². The number of nitriles is 1. The lowest BCUT2D eigenvalue weighted by molar-refractivity contribution is -0.154. The average molecular weight is 467 g/mol. The Morgan fingerprint density at radius 1 is 1.26 bits per heavy atom. The summed E-state index contributed by atoms with van der Waals surface area (Å²) in [6.45, 7) is 9.70. The molecule has 1 aromatic carbocycles. The van der Waals surface area contributed by atoms with Crippen LogP contribution in [0, 0.1) is 17.2 Å². The van der Waals surface area contributed by atoms with Crippen LogP contribution in [0.15, 0.2) is 30.6 Å². The maximum atomic E-state index is 11.9. The van der Waals surface area contributed by atoms with Crippen molar-refractivity contribution in [1.82, 2.24) is 15.0 Å². The molecule has 2 aromatic rings. The number of carbonyl (C=O) groups excluding carboxylic acids is 1. The molecular formula is C25H34N6O3. The summed E-state index contributed by atoms with van der Waals surface area (Å²) in [7, 11) is 2.02. The van der Waals surface area contributed by atoms with Crippen molar-refractivity contribution >= 4 is 23.5 Å². The number of benzene rings is 1. The van der Waals surface area contributed by atoms with Gasteiger partial charge >= 0.3 is 6.16 Å². The van der Waals surface area contributed by atoms with Gasteiger partial charge in [-0.2, -0.15) is 5.26 Å². The molecule has 182 valence electrons. The first-order valence-corrected chi connectivity index (χ1v) is 11.7. The van der Waals surface area contributed by atoms with Crippen LogP contribution >= 0.6 is 0 Å². The molecule has 2 heterocycles. The van der Waals surface area contributed by atoms with Crippen molar-refractivity contribution in [2.75, 3.05) is 36.9 Å². The van der Waals surface area contributed by atoms with E-state index in [2.05, 4.69) is 33.2 Å². The van der Waals surface area contributed by atoms with Gasteiger partial charge in [-0.15, -0.1) is 5.06 Å². The fourth-order valence-corrected chi connectivity index (χ4v) is 3.88. The minimum Gasteiger partial charge on any atom is -0.427 e. The Morgan fingerprint density at radius 2 is 2.00 bits per heavy atom. The van der Waals surface area contributed by atoms with Gasteiger partial charge in [-0.3, -0.25) is 0 Å². The first kappa shape index (κ1) is 25.2. The smallest absolute Gasteiger partial charge is 0.427 e. The number of rotatable bonds is 7. The number of nitrogens with zero attached hydrogens (tertiary/aromatic N) is 5. The zero-order valence-electron chi connectivity index (χ0n) is 20.7. The average Bonchev–Trinajstić information content (AvgIpc) is 2.79. The number of ether oxygens (including phenoxy) is 1. The number of hydroxylamine groups is 2. The summed E-state index contributed by atoms with van der Waals surface area (Å²) in [4.78, 5) is 28.1. The lowest BCUT2D eigenvalue weighted by Crippen LogP contribution is -2.40. The minimum atomic E-state index is -0.655. The number of aromatic nitrogens is 2. The molecule has 34 heavy (non-hydrogen) atoms. The van der Waals surface area contributed by atoms with Crippen LogP contribution in [0.5, 0.6) is 0 Å². The molecular weight excluding hydrogens is 432 g/mol. The second-order valence-corrected chi connectivity index (χ2v) is 9.53. The van der Waals surface area contributed by atoms with Gasteiger partial charge in [0.25, 0.3) is 0 Å². The standard InChI is InChI=1S/C25H34N6O3/c1-6-20-13-19(15-26)7-8-21(20)29-22-14-23(28-17-27-22)30(5)16-18-9-11-31(12-10-18)34-24(32)33-25(2,3)4/h7-8,13-14,17-18H,6,9-12,16H2,1-5H3,(H,27,28,29). The molecule has 0 spiro atoms. The Balaban J connectivity index is 1.54. The van der Waals surface area contributed by atoms with Crippen molar-refractivity contribution in [2.45, 2.75) is 52.6 Å². The third-order valence-corrected chi connectivity index (χ3v) is 5.62. The predicted octanol–water partition coefficient (Wildman–Crippen LogP) is 4.67. The van der Waals surface area contributed by atoms with Crippen molar-refractivity contribution in [3.63, 3.8) is 0 Å². The van der Waals surface area contributed by atoms with Crippen LogP contribution in [0.2, 0.25) is 0 Å². The van der Waals surface area contributed by atoms with Crippen molar-refractivity contribution < 1.29 is 14.4 Å². The van der Waals surface area contributed by atoms with E-state index in [4.69, 9.17) is 14.8 Å². The summed E-state index contributed by atoms with van der Waals surface area (Å²) >= 11 is 0. The molecule has 0 saturated carbocycles. The fraction of sp³-hybridized carbons (Fsp3) is 0.520. The summed E-state index contributed by atoms with van der Waals surface area (Å²) < 4.78 is 5.22. The van der Waals surface area contributed by atoms with Crippen LogP contribution in [0.1, 0.15) is 51.7 Å². The predicted molar refractivity (Wildman–Crippen MR) is 131 cm³/mol. The highest BCUT2D eigenvalue weighted by Gasteiger charge is 2.26. The van der Waals surface area contributed by atoms with Crippen molar-refractivity contribution in [1.29, 1.82) is 5.26 Å². The van der Waals surface area contributed by atoms with Crippen LogP contribution in [0.25, 0.3) is 0 Å². The normalized spacial score (nSPS) is 14.8. The van der Waals surface area contributed by atoms with Gasteiger partial charge in [0.2, 0.25) is 0 Å². The zero-order valence-corrected chi connectivity index (χ0v) is 20.7. The van der Waals surface area contributed by atoms with Crippen LogP contribution in [-0.2, 0) is 16.0 Å². The monoisotopic (exact) mass is 466 g/mol. The Hall–Kier alpha value is -3.38. The molecule has 0 amide bonds. The van der Waals surface area contributed by atoms with Crippen molar-refractivity contribution in [3.05, 3.63) is 41.7 Å². The van der Waals surface area contributed by atoms with Gasteiger partial charge in [-0.25, -0.2) is 14.8 Å². The number of hydrogen-bond donors (Lipinski definition) is 1. The van der Waals surface area contributed by atoms with Gasteiger partial charge in [0.15, 0.2) is 0 Å². The Bertz CT molecular complexity index is 1020. The van der Waals surface area contributed by atoms with Gasteiger partial charge in [-0.05, 0) is 69.7 Å². The molecule has 0 atom stereocenters. The first-order chi connectivity index (χ1) is 16.2. The van der Waals surface area contributed by atoms with Crippen molar-refractivity contribution in [3.8, 4) is 6.07 Å². The molecule has 0 radical (unpaired) electrons. The molecule has 1 N–H and O–H groups in total. The highest BCUT2D eigenvalue weighted by molar-refractivity contribution is 5.64. The van der Waals surface area contributed by atoms with E-state index in [1.807, 2.05) is 46.0 Å². The number of anilines is 3. The van der Waals surface area contributed by atoms with Gasteiger partial charge in [0.1, 0.15) is 23.6 Å². The fourth-order valence-electron chi connectivity index (χ4n) is 3.88. The topological polar surface area (TPSA) is 104 Å². The van der Waals surface area contributed by atoms with E-state index in [-0.39, 0.29) is 0 Å². The van der Waals surface area contributed by atoms with E-state index in [1.165, 1.54) is 0 Å². The molecule has 1 aliphatic rings. The third-order valence-electron chi connectivity index (χ3n) is 5.62. The second kappa shape index (κ2) is 11.2. The molecule has 1 saturated heterocycles. The molecule has 1 aliphatic heterocycles. The quantitative estimate of drug-likeness (QED) is 0.583. The number of carbonyl (C=O) groups is 1. The first-order valence-electron chi connectivity index (χ1n) is 11.7. The Kier molecular flexibility index (Phi) is 8.29. The van der Waals surface area contributed by atoms with Crippen molar-refractivity contribution in [2.24, 2.45) is 5.92 Å². The molecule has 0 unspecified atom stereocenters. The lowest BCUT2D eigenvalue weighted by Gasteiger charge is -2.33. The third kappa shape index (κ3) is 7.32. The van der Waals surface area contributed by atoms with E-state index < -0.39 is 11.8 Å². The summed E-state index contributed by atoms with van der Waals surface area (Å²) in [6, 6.07) is 9.72. The van der Waals surface area contributed by atoms with E-state index in [0.717, 1.165) is 42.9 Å². The Labute approximate surface area is 201 Å². The maximum absolute atomic E-state index is 11.9. The summed E-state index contributed by atoms with van der Waals surface area (Å²) in [6.07, 6.45) is 3.54. The van der Waals surface area contributed by atoms with Gasteiger partial charge in [0.05, 0.1) is 11.6 Å². The molecule has 1 fully saturated rings. The molecule has 3 rings (SSSR count). The molecule has 0 bridgehead atoms. The highest BCUT2D eigenvalue weighted by Crippen LogP contribution is 2.25. The number of piperidine rings is 1. The molecule has 0 aliphatic carbocycles. The maximum Gasteiger partial charge on any atom is 0.528 e. The second-order valence-electron chi connectivity index (χ2n) is 9.53. The molecule has 9 nitrogen and oxygen atoms in total. The number of hydrogen-bond acceptors (Lipinski definition) is 9. The van der Waals surface area contributed by atoms with E-state index in [1.54, 1.807) is 17.5 Å². The van der Waals surface area contributed by atoms with Crippen LogP contribution in [0.4, 0.5) is 22.1 Å². The van der Waals surface area contributed by atoms with Crippen LogP contribution in [-0.4, -0.2) is 53.5 Å². The SMILES string of the molecule is CCc1cc(C#N)ccc1Nc1cc(N(C)CC2CCN(OC(=O)OC(C)(C)C)CC2)ncn1. The zero-order chi connectivity index (χ0) is 24.7. The van der Waals surface area contributed by atoms with Gasteiger partial charge in [0, 0.05) is 38.4 Å². The molecule has 1 aromatic heterocycles. The van der Waals surface area contributed by atoms with E-state index in [9.17, 15) is 4.79 Å². The number of aryl methyl sites for hydroxylation is 1. The van der Waals surface area contributed by atoms with Crippen LogP contribution in [0.3, 0.4) is 0 Å². The minimum absolute atomic E-state index is 0.458. The summed E-state index contributed by atoms with van der Waals surface area (Å²) in [5.74, 6) is 1.99. The number of nitrogens with one attached hydrogen (secondary N) is 1. The lowest BCUT2D eigenvalue weighted by atomic mass is 9.97.